The molecule has 2 aromatic rings. The highest BCUT2D eigenvalue weighted by atomic mass is 35.5. The molecule has 3 amide bonds. The minimum absolute atomic E-state index is 0.0189. The summed E-state index contributed by atoms with van der Waals surface area (Å²) in [5.41, 5.74) is 0.118. The van der Waals surface area contributed by atoms with Crippen molar-refractivity contribution in [1.82, 2.24) is 20.3 Å². The predicted octanol–water partition coefficient (Wildman–Crippen LogP) is 3.08. The number of benzene rings is 2. The van der Waals surface area contributed by atoms with Crippen molar-refractivity contribution >= 4 is 50.8 Å². The Morgan fingerprint density at radius 2 is 1.83 bits per heavy atom. The zero-order chi connectivity index (χ0) is 34.8. The molecule has 1 spiro atoms. The molecule has 2 heterocycles. The van der Waals surface area contributed by atoms with Gasteiger partial charge in [0.05, 0.1) is 23.2 Å². The van der Waals surface area contributed by atoms with E-state index >= 15 is 0 Å². The van der Waals surface area contributed by atoms with Crippen LogP contribution in [0.3, 0.4) is 0 Å². The molecule has 12 nitrogen and oxygen atoms in total. The molecule has 2 aliphatic heterocycles. The second kappa shape index (κ2) is 14.3. The number of oxime groups is 1. The van der Waals surface area contributed by atoms with E-state index in [0.717, 1.165) is 37.1 Å². The summed E-state index contributed by atoms with van der Waals surface area (Å²) in [4.78, 5) is 61.0. The minimum Gasteiger partial charge on any atom is -0.387 e. The van der Waals surface area contributed by atoms with Gasteiger partial charge in [0.1, 0.15) is 17.9 Å². The summed E-state index contributed by atoms with van der Waals surface area (Å²) in [6.45, 7) is 5.00. The van der Waals surface area contributed by atoms with Gasteiger partial charge in [-0.1, -0.05) is 56.1 Å². The third-order valence-corrected chi connectivity index (χ3v) is 10.4. The Morgan fingerprint density at radius 3 is 2.46 bits per heavy atom. The first-order chi connectivity index (χ1) is 22.7. The van der Waals surface area contributed by atoms with Gasteiger partial charge < -0.3 is 20.4 Å². The van der Waals surface area contributed by atoms with Crippen molar-refractivity contribution in [3.05, 3.63) is 64.9 Å². The topological polar surface area (TPSA) is 163 Å². The zero-order valence-corrected chi connectivity index (χ0v) is 28.4. The first-order valence-corrected chi connectivity index (χ1v) is 17.8. The lowest BCUT2D eigenvalue weighted by Crippen LogP contribution is -2.57. The molecule has 48 heavy (non-hydrogen) atoms. The molecule has 15 heteroatoms. The Bertz CT molecular complexity index is 1720. The van der Waals surface area contributed by atoms with Crippen molar-refractivity contribution in [2.24, 2.45) is 11.1 Å². The van der Waals surface area contributed by atoms with Gasteiger partial charge in [0, 0.05) is 29.5 Å². The molecule has 0 bridgehead atoms. The van der Waals surface area contributed by atoms with Crippen molar-refractivity contribution in [1.29, 1.82) is 0 Å². The number of carbonyl (C=O) groups is 4. The molecule has 1 saturated heterocycles. The standard InChI is InChI=1S/C33H39ClFN5O7S/c1-4-6-25(29(41)31(43)36-23-11-12-23)37-30(42)27-17-33(16-26(38-47-33)20-7-5-8-21(34)15-20)18-40(27)32(44)28(19(2)3)39-48(45,46)24-13-9-22(35)10-14-24/h5,7-10,13-15,19,23,25,27-28,39H,4,6,11-12,16-18H2,1-3H3,(H,36,43)(H,37,42)/t25-,27-,28?,33+/m0/s1. The molecule has 1 unspecified atom stereocenters. The van der Waals surface area contributed by atoms with Crippen LogP contribution in [-0.2, 0) is 34.0 Å². The van der Waals surface area contributed by atoms with Crippen LogP contribution in [0.25, 0.3) is 0 Å². The number of rotatable bonds is 13. The van der Waals surface area contributed by atoms with Gasteiger partial charge in [0.2, 0.25) is 27.6 Å². The first-order valence-electron chi connectivity index (χ1n) is 16.0. The number of hydrogen-bond acceptors (Lipinski definition) is 8. The van der Waals surface area contributed by atoms with Crippen LogP contribution in [0, 0.1) is 11.7 Å². The molecule has 2 aromatic carbocycles. The van der Waals surface area contributed by atoms with Gasteiger partial charge in [0.15, 0.2) is 5.60 Å². The van der Waals surface area contributed by atoms with E-state index in [4.69, 9.17) is 16.4 Å². The van der Waals surface area contributed by atoms with Gasteiger partial charge in [0.25, 0.3) is 5.91 Å². The normalized spacial score (nSPS) is 21.8. The summed E-state index contributed by atoms with van der Waals surface area (Å²) in [5, 5.41) is 10.1. The van der Waals surface area contributed by atoms with E-state index in [9.17, 15) is 32.0 Å². The van der Waals surface area contributed by atoms with Crippen molar-refractivity contribution in [3.63, 3.8) is 0 Å². The van der Waals surface area contributed by atoms with Crippen molar-refractivity contribution in [2.75, 3.05) is 6.54 Å². The van der Waals surface area contributed by atoms with Crippen molar-refractivity contribution in [2.45, 2.75) is 94.0 Å². The highest BCUT2D eigenvalue weighted by molar-refractivity contribution is 7.89. The number of ketones is 1. The number of hydrogen-bond donors (Lipinski definition) is 3. The lowest BCUT2D eigenvalue weighted by molar-refractivity contribution is -0.143. The number of amides is 3. The van der Waals surface area contributed by atoms with Crippen LogP contribution in [0.4, 0.5) is 4.39 Å². The van der Waals surface area contributed by atoms with E-state index < -0.39 is 69.0 Å². The van der Waals surface area contributed by atoms with Gasteiger partial charge >= 0.3 is 0 Å². The Hall–Kier alpha value is -3.88. The molecule has 1 aliphatic carbocycles. The van der Waals surface area contributed by atoms with Gasteiger partial charge in [-0.3, -0.25) is 19.2 Å². The van der Waals surface area contributed by atoms with Crippen LogP contribution in [0.15, 0.2) is 58.6 Å². The maximum Gasteiger partial charge on any atom is 0.289 e. The second-order valence-corrected chi connectivity index (χ2v) is 15.1. The smallest absolute Gasteiger partial charge is 0.289 e. The van der Waals surface area contributed by atoms with Crippen LogP contribution in [-0.4, -0.2) is 78.8 Å². The van der Waals surface area contributed by atoms with Crippen LogP contribution < -0.4 is 15.4 Å². The third kappa shape index (κ3) is 8.04. The van der Waals surface area contributed by atoms with E-state index in [1.165, 1.54) is 4.90 Å². The van der Waals surface area contributed by atoms with E-state index in [1.807, 2.05) is 13.0 Å². The van der Waals surface area contributed by atoms with Crippen LogP contribution >= 0.6 is 11.6 Å². The fourth-order valence-electron chi connectivity index (χ4n) is 5.92. The zero-order valence-electron chi connectivity index (χ0n) is 26.9. The molecule has 5 rings (SSSR count). The monoisotopic (exact) mass is 703 g/mol. The maximum absolute atomic E-state index is 14.3. The summed E-state index contributed by atoms with van der Waals surface area (Å²) in [6.07, 6.45) is 2.45. The number of carbonyl (C=O) groups excluding carboxylic acids is 4. The fourth-order valence-corrected chi connectivity index (χ4v) is 7.45. The van der Waals surface area contributed by atoms with Gasteiger partial charge in [-0.2, -0.15) is 4.72 Å². The summed E-state index contributed by atoms with van der Waals surface area (Å²) in [5.74, 6) is -4.13. The molecular formula is C33H39ClFN5O7S. The van der Waals surface area contributed by atoms with Crippen LogP contribution in [0.5, 0.6) is 0 Å². The molecule has 1 saturated carbocycles. The van der Waals surface area contributed by atoms with Gasteiger partial charge in [-0.25, -0.2) is 12.8 Å². The summed E-state index contributed by atoms with van der Waals surface area (Å²) in [6, 6.07) is 7.48. The van der Waals surface area contributed by atoms with E-state index in [2.05, 4.69) is 20.5 Å². The number of sulfonamides is 1. The third-order valence-electron chi connectivity index (χ3n) is 8.67. The van der Waals surface area contributed by atoms with E-state index in [1.54, 1.807) is 32.0 Å². The second-order valence-electron chi connectivity index (χ2n) is 12.9. The van der Waals surface area contributed by atoms with Crippen LogP contribution in [0.2, 0.25) is 5.02 Å². The molecule has 0 aromatic heterocycles. The summed E-state index contributed by atoms with van der Waals surface area (Å²) < 4.78 is 42.6. The number of nitrogens with zero attached hydrogens (tertiary/aromatic N) is 2. The molecular weight excluding hydrogens is 665 g/mol. The first kappa shape index (κ1) is 35.4. The van der Waals surface area contributed by atoms with E-state index in [0.29, 0.717) is 22.7 Å². The SMILES string of the molecule is CCC[C@H](NC(=O)[C@@H]1C[C@]2(CC(c3cccc(Cl)c3)=NO2)CN1C(=O)C(NS(=O)(=O)c1ccc(F)cc1)C(C)C)C(=O)C(=O)NC1CC1. The average Bonchev–Trinajstić information content (AvgIpc) is 3.64. The van der Waals surface area contributed by atoms with Gasteiger partial charge in [-0.05, 0) is 61.6 Å². The van der Waals surface area contributed by atoms with Crippen LogP contribution in [0.1, 0.15) is 64.9 Å². The Balaban J connectivity index is 1.42. The Kier molecular flexibility index (Phi) is 10.6. The molecule has 3 aliphatic rings. The minimum atomic E-state index is -4.28. The summed E-state index contributed by atoms with van der Waals surface area (Å²) in [7, 11) is -4.28. The largest absolute Gasteiger partial charge is 0.387 e. The Labute approximate surface area is 283 Å². The molecule has 4 atom stereocenters. The molecule has 0 radical (unpaired) electrons. The highest BCUT2D eigenvalue weighted by Crippen LogP contribution is 2.40. The molecule has 258 valence electrons. The summed E-state index contributed by atoms with van der Waals surface area (Å²) >= 11 is 6.19. The Morgan fingerprint density at radius 1 is 1.12 bits per heavy atom. The number of halogens is 2. The lowest BCUT2D eigenvalue weighted by Gasteiger charge is -2.31. The number of nitrogens with one attached hydrogen (secondary N) is 3. The maximum atomic E-state index is 14.3. The number of Topliss-reactive ketones (excluding diaryl/α,β-unsaturated/α-hetero) is 1. The number of likely N-dealkylation sites (tertiary alicyclic amines) is 1. The highest BCUT2D eigenvalue weighted by Gasteiger charge is 2.55. The molecule has 2 fully saturated rings. The predicted molar refractivity (Wildman–Crippen MR) is 175 cm³/mol. The molecule has 3 N–H and O–H groups in total. The van der Waals surface area contributed by atoms with Gasteiger partial charge in [-0.15, -0.1) is 0 Å². The van der Waals surface area contributed by atoms with E-state index in [-0.39, 0.29) is 36.7 Å². The quantitative estimate of drug-likeness (QED) is 0.270. The lowest BCUT2D eigenvalue weighted by atomic mass is 9.91. The van der Waals surface area contributed by atoms with Crippen molar-refractivity contribution < 1.29 is 36.8 Å². The fraction of sp³-hybridized carbons (Fsp3) is 0.485. The average molecular weight is 704 g/mol. The van der Waals surface area contributed by atoms with Crippen molar-refractivity contribution in [3.8, 4) is 0 Å².